The number of rotatable bonds is 4. The number of para-hydroxylation sites is 1. The summed E-state index contributed by atoms with van der Waals surface area (Å²) in [5, 5.41) is 20.2. The molecule has 1 saturated carbocycles. The van der Waals surface area contributed by atoms with E-state index in [4.69, 9.17) is 16.7 Å². The van der Waals surface area contributed by atoms with E-state index >= 15 is 0 Å². The Bertz CT molecular complexity index is 753. The smallest absolute Gasteiger partial charge is 0.306 e. The molecular formula is C16H17ClN4O3. The van der Waals surface area contributed by atoms with Crippen LogP contribution in [0.1, 0.15) is 36.2 Å². The fourth-order valence-electron chi connectivity index (χ4n) is 2.87. The second-order valence-electron chi connectivity index (χ2n) is 5.86. The van der Waals surface area contributed by atoms with Crippen LogP contribution in [-0.4, -0.2) is 38.0 Å². The summed E-state index contributed by atoms with van der Waals surface area (Å²) >= 11 is 6.11. The molecule has 0 atom stereocenters. The van der Waals surface area contributed by atoms with E-state index in [0.717, 1.165) is 0 Å². The van der Waals surface area contributed by atoms with Gasteiger partial charge >= 0.3 is 5.97 Å². The second kappa shape index (κ2) is 7.00. The summed E-state index contributed by atoms with van der Waals surface area (Å²) in [6.45, 7) is 0. The van der Waals surface area contributed by atoms with Crippen molar-refractivity contribution in [2.75, 3.05) is 0 Å². The van der Waals surface area contributed by atoms with Crippen LogP contribution in [-0.2, 0) is 4.79 Å². The van der Waals surface area contributed by atoms with E-state index in [0.29, 0.717) is 36.4 Å². The normalized spacial score (nSPS) is 20.5. The molecule has 0 spiro atoms. The highest BCUT2D eigenvalue weighted by atomic mass is 35.5. The minimum atomic E-state index is -0.762. The first-order valence-electron chi connectivity index (χ1n) is 7.75. The highest BCUT2D eigenvalue weighted by Crippen LogP contribution is 2.24. The second-order valence-corrected chi connectivity index (χ2v) is 6.27. The van der Waals surface area contributed by atoms with Crippen LogP contribution < -0.4 is 5.32 Å². The summed E-state index contributed by atoms with van der Waals surface area (Å²) in [5.41, 5.74) is 0.850. The van der Waals surface area contributed by atoms with E-state index in [-0.39, 0.29) is 23.6 Å². The van der Waals surface area contributed by atoms with Gasteiger partial charge in [-0.15, -0.1) is 5.10 Å². The van der Waals surface area contributed by atoms with Crippen LogP contribution in [0.3, 0.4) is 0 Å². The number of carboxylic acids is 1. The van der Waals surface area contributed by atoms with Crippen molar-refractivity contribution in [3.8, 4) is 5.69 Å². The summed E-state index contributed by atoms with van der Waals surface area (Å²) in [7, 11) is 0. The molecule has 0 aliphatic heterocycles. The maximum atomic E-state index is 12.3. The van der Waals surface area contributed by atoms with E-state index in [1.54, 1.807) is 12.1 Å². The van der Waals surface area contributed by atoms with Crippen LogP contribution >= 0.6 is 11.6 Å². The van der Waals surface area contributed by atoms with Gasteiger partial charge < -0.3 is 10.4 Å². The van der Waals surface area contributed by atoms with Crippen molar-refractivity contribution in [2.24, 2.45) is 5.92 Å². The van der Waals surface area contributed by atoms with Crippen molar-refractivity contribution in [3.05, 3.63) is 41.2 Å². The Morgan fingerprint density at radius 1 is 1.21 bits per heavy atom. The number of nitrogens with one attached hydrogen (secondary N) is 1. The molecule has 7 nitrogen and oxygen atoms in total. The number of aliphatic carboxylic acids is 1. The van der Waals surface area contributed by atoms with Crippen molar-refractivity contribution in [1.29, 1.82) is 0 Å². The molecule has 1 heterocycles. The number of hydrogen-bond donors (Lipinski definition) is 2. The third-order valence-electron chi connectivity index (χ3n) is 4.24. The number of carboxylic acid groups (broad SMARTS) is 1. The molecule has 0 radical (unpaired) electrons. The van der Waals surface area contributed by atoms with E-state index in [1.165, 1.54) is 10.9 Å². The van der Waals surface area contributed by atoms with Gasteiger partial charge in [-0.2, -0.15) is 0 Å². The number of halogens is 1. The molecule has 2 N–H and O–H groups in total. The van der Waals surface area contributed by atoms with Crippen molar-refractivity contribution >= 4 is 23.5 Å². The maximum absolute atomic E-state index is 12.3. The molecule has 3 rings (SSSR count). The molecule has 0 unspecified atom stereocenters. The van der Waals surface area contributed by atoms with Crippen LogP contribution in [0.25, 0.3) is 5.69 Å². The lowest BCUT2D eigenvalue weighted by Gasteiger charge is -2.26. The van der Waals surface area contributed by atoms with Crippen LogP contribution in [0.4, 0.5) is 0 Å². The predicted octanol–water partition coefficient (Wildman–Crippen LogP) is 2.29. The summed E-state index contributed by atoms with van der Waals surface area (Å²) in [6.07, 6.45) is 3.99. The number of amides is 1. The first kappa shape index (κ1) is 16.4. The van der Waals surface area contributed by atoms with Gasteiger partial charge in [0, 0.05) is 6.04 Å². The van der Waals surface area contributed by atoms with Crippen LogP contribution in [0.5, 0.6) is 0 Å². The Kier molecular flexibility index (Phi) is 4.80. The average molecular weight is 349 g/mol. The molecule has 24 heavy (non-hydrogen) atoms. The molecule has 1 aromatic carbocycles. The van der Waals surface area contributed by atoms with Gasteiger partial charge in [0.1, 0.15) is 0 Å². The Morgan fingerprint density at radius 2 is 1.92 bits per heavy atom. The van der Waals surface area contributed by atoms with Crippen molar-refractivity contribution < 1.29 is 14.7 Å². The Balaban J connectivity index is 1.63. The average Bonchev–Trinajstić information content (AvgIpc) is 3.05. The number of aromatic nitrogens is 3. The molecule has 8 heteroatoms. The monoisotopic (exact) mass is 348 g/mol. The minimum absolute atomic E-state index is 0.0291. The fraction of sp³-hybridized carbons (Fsp3) is 0.375. The molecule has 2 aromatic rings. The molecule has 0 saturated heterocycles. The molecule has 1 aliphatic carbocycles. The minimum Gasteiger partial charge on any atom is -0.481 e. The number of carbonyl (C=O) groups is 2. The summed E-state index contributed by atoms with van der Waals surface area (Å²) in [5.74, 6) is -1.38. The highest BCUT2D eigenvalue weighted by Gasteiger charge is 2.27. The summed E-state index contributed by atoms with van der Waals surface area (Å²) in [4.78, 5) is 23.2. The number of carbonyl (C=O) groups excluding carboxylic acids is 1. The molecule has 1 amide bonds. The van der Waals surface area contributed by atoms with Gasteiger partial charge in [-0.3, -0.25) is 9.59 Å². The van der Waals surface area contributed by atoms with Gasteiger partial charge in [0.05, 0.1) is 22.8 Å². The van der Waals surface area contributed by atoms with Crippen LogP contribution in [0.2, 0.25) is 5.02 Å². The maximum Gasteiger partial charge on any atom is 0.306 e. The molecule has 1 aromatic heterocycles. The number of hydrogen-bond acceptors (Lipinski definition) is 4. The lowest BCUT2D eigenvalue weighted by atomic mass is 9.86. The zero-order valence-electron chi connectivity index (χ0n) is 12.9. The fourth-order valence-corrected chi connectivity index (χ4v) is 3.09. The van der Waals surface area contributed by atoms with Gasteiger partial charge in [0.15, 0.2) is 5.69 Å². The first-order valence-corrected chi connectivity index (χ1v) is 8.13. The van der Waals surface area contributed by atoms with E-state index in [2.05, 4.69) is 15.6 Å². The summed E-state index contributed by atoms with van der Waals surface area (Å²) in [6, 6.07) is 7.12. The zero-order chi connectivity index (χ0) is 17.1. The van der Waals surface area contributed by atoms with E-state index < -0.39 is 5.97 Å². The van der Waals surface area contributed by atoms with E-state index in [1.807, 2.05) is 12.1 Å². The Hall–Kier alpha value is -2.41. The Morgan fingerprint density at radius 3 is 2.58 bits per heavy atom. The SMILES string of the molecule is O=C(NC1CCC(C(=O)O)CC1)c1cn(-c2ccccc2Cl)nn1. The van der Waals surface area contributed by atoms with Gasteiger partial charge in [-0.05, 0) is 37.8 Å². The van der Waals surface area contributed by atoms with Crippen molar-refractivity contribution in [1.82, 2.24) is 20.3 Å². The molecule has 1 aliphatic rings. The third kappa shape index (κ3) is 3.56. The predicted molar refractivity (Wildman–Crippen MR) is 87.2 cm³/mol. The number of nitrogens with zero attached hydrogens (tertiary/aromatic N) is 3. The molecular weight excluding hydrogens is 332 g/mol. The lowest BCUT2D eigenvalue weighted by Crippen LogP contribution is -2.38. The number of benzene rings is 1. The van der Waals surface area contributed by atoms with Gasteiger partial charge in [0.2, 0.25) is 0 Å². The van der Waals surface area contributed by atoms with Crippen LogP contribution in [0.15, 0.2) is 30.5 Å². The highest BCUT2D eigenvalue weighted by molar-refractivity contribution is 6.32. The van der Waals surface area contributed by atoms with Gasteiger partial charge in [0.25, 0.3) is 5.91 Å². The molecule has 126 valence electrons. The van der Waals surface area contributed by atoms with Gasteiger partial charge in [-0.25, -0.2) is 4.68 Å². The quantitative estimate of drug-likeness (QED) is 0.883. The van der Waals surface area contributed by atoms with E-state index in [9.17, 15) is 9.59 Å². The Labute approximate surface area is 143 Å². The molecule has 1 fully saturated rings. The van der Waals surface area contributed by atoms with Gasteiger partial charge in [-0.1, -0.05) is 28.9 Å². The van der Waals surface area contributed by atoms with Crippen molar-refractivity contribution in [2.45, 2.75) is 31.7 Å². The largest absolute Gasteiger partial charge is 0.481 e. The lowest BCUT2D eigenvalue weighted by molar-refractivity contribution is -0.142. The molecule has 0 bridgehead atoms. The summed E-state index contributed by atoms with van der Waals surface area (Å²) < 4.78 is 1.46. The van der Waals surface area contributed by atoms with Crippen molar-refractivity contribution in [3.63, 3.8) is 0 Å². The third-order valence-corrected chi connectivity index (χ3v) is 4.56. The standard InChI is InChI=1S/C16H17ClN4O3/c17-12-3-1-2-4-14(12)21-9-13(19-20-21)15(22)18-11-7-5-10(6-8-11)16(23)24/h1-4,9-11H,5-8H2,(H,18,22)(H,23,24). The zero-order valence-corrected chi connectivity index (χ0v) is 13.6. The topological polar surface area (TPSA) is 97.1 Å². The first-order chi connectivity index (χ1) is 11.5. The van der Waals surface area contributed by atoms with Crippen LogP contribution in [0, 0.1) is 5.92 Å².